The number of carbonyl (C=O) groups is 1. The summed E-state index contributed by atoms with van der Waals surface area (Å²) in [6, 6.07) is 7.01. The SMILES string of the molecule is C[S+](=O)([O-])NCCNC(=O)c1ccc(-c2cncnc2)cc1. The van der Waals surface area contributed by atoms with Crippen LogP contribution in [0, 0.1) is 0 Å². The molecule has 2 aromatic rings. The number of aromatic nitrogens is 2. The Morgan fingerprint density at radius 2 is 1.77 bits per heavy atom. The molecule has 1 heterocycles. The summed E-state index contributed by atoms with van der Waals surface area (Å²) >= 11 is 0. The molecule has 1 aromatic heterocycles. The lowest BCUT2D eigenvalue weighted by Crippen LogP contribution is -2.36. The molecule has 0 bridgehead atoms. The van der Waals surface area contributed by atoms with E-state index < -0.39 is 10.4 Å². The number of hydrogen-bond donors (Lipinski definition) is 2. The van der Waals surface area contributed by atoms with Crippen molar-refractivity contribution in [3.05, 3.63) is 48.5 Å². The lowest BCUT2D eigenvalue weighted by Gasteiger charge is -2.10. The van der Waals surface area contributed by atoms with Gasteiger partial charge in [-0.15, -0.1) is 4.72 Å². The number of nitrogens with zero attached hydrogens (tertiary/aromatic N) is 2. The molecule has 0 aliphatic carbocycles. The van der Waals surface area contributed by atoms with Crippen molar-refractivity contribution < 1.29 is 13.6 Å². The van der Waals surface area contributed by atoms with E-state index in [2.05, 4.69) is 20.0 Å². The van der Waals surface area contributed by atoms with Gasteiger partial charge in [0.05, 0.1) is 6.54 Å². The van der Waals surface area contributed by atoms with Gasteiger partial charge < -0.3 is 9.87 Å². The topological polar surface area (TPSA) is 107 Å². The third-order valence-electron chi connectivity index (χ3n) is 2.82. The van der Waals surface area contributed by atoms with Gasteiger partial charge in [-0.05, 0) is 17.7 Å². The maximum atomic E-state index is 11.9. The van der Waals surface area contributed by atoms with Gasteiger partial charge in [-0.3, -0.25) is 4.79 Å². The largest absolute Gasteiger partial charge is 0.598 e. The molecule has 0 radical (unpaired) electrons. The Kier molecular flexibility index (Phi) is 5.31. The van der Waals surface area contributed by atoms with E-state index in [-0.39, 0.29) is 19.0 Å². The Hall–Kier alpha value is -2.16. The normalized spacial score (nSPS) is 13.4. The fraction of sp³-hybridized carbons (Fsp3) is 0.214. The average Bonchev–Trinajstić information content (AvgIpc) is 2.51. The Bertz CT molecular complexity index is 670. The number of benzene rings is 1. The van der Waals surface area contributed by atoms with Crippen LogP contribution < -0.4 is 10.0 Å². The van der Waals surface area contributed by atoms with Crippen LogP contribution in [0.25, 0.3) is 11.1 Å². The standard InChI is InChI=1S/C14H16N4O3S/c1-22(20,21)18-7-6-17-14(19)12-4-2-11(3-5-12)13-8-15-10-16-9-13/h2-5,8-10H,6-7H2,1H3,(H2-,17,18,19,20,21). The Labute approximate surface area is 129 Å². The average molecular weight is 320 g/mol. The first kappa shape index (κ1) is 16.2. The maximum absolute atomic E-state index is 11.9. The highest BCUT2D eigenvalue weighted by Crippen LogP contribution is 2.17. The van der Waals surface area contributed by atoms with Crippen LogP contribution in [-0.4, -0.2) is 39.8 Å². The summed E-state index contributed by atoms with van der Waals surface area (Å²) < 4.78 is 24.1. The number of amides is 1. The first-order chi connectivity index (χ1) is 10.5. The third kappa shape index (κ3) is 4.99. The van der Waals surface area contributed by atoms with E-state index in [0.717, 1.165) is 17.4 Å². The Balaban J connectivity index is 1.90. The minimum Gasteiger partial charge on any atom is -0.598 e. The molecule has 8 heteroatoms. The summed E-state index contributed by atoms with van der Waals surface area (Å²) in [5, 5.41) is 2.64. The monoisotopic (exact) mass is 320 g/mol. The van der Waals surface area contributed by atoms with E-state index >= 15 is 0 Å². The molecule has 1 amide bonds. The van der Waals surface area contributed by atoms with Gasteiger partial charge in [0, 0.05) is 30.1 Å². The highest BCUT2D eigenvalue weighted by Gasteiger charge is 2.08. The van der Waals surface area contributed by atoms with Crippen LogP contribution in [0.4, 0.5) is 0 Å². The predicted molar refractivity (Wildman–Crippen MR) is 82.6 cm³/mol. The van der Waals surface area contributed by atoms with Gasteiger partial charge in [0.15, 0.2) is 0 Å². The van der Waals surface area contributed by atoms with E-state index in [1.165, 1.54) is 6.33 Å². The molecule has 7 nitrogen and oxygen atoms in total. The van der Waals surface area contributed by atoms with Gasteiger partial charge in [0.2, 0.25) is 0 Å². The molecular formula is C14H16N4O3S. The van der Waals surface area contributed by atoms with Crippen molar-refractivity contribution in [3.63, 3.8) is 0 Å². The number of rotatable bonds is 6. The van der Waals surface area contributed by atoms with Crippen LogP contribution >= 0.6 is 0 Å². The van der Waals surface area contributed by atoms with E-state index in [0.29, 0.717) is 5.56 Å². The molecule has 0 saturated carbocycles. The second kappa shape index (κ2) is 7.21. The van der Waals surface area contributed by atoms with E-state index in [1.54, 1.807) is 24.5 Å². The predicted octanol–water partition coefficient (Wildman–Crippen LogP) is 0.638. The van der Waals surface area contributed by atoms with Crippen molar-refractivity contribution in [3.8, 4) is 11.1 Å². The van der Waals surface area contributed by atoms with E-state index in [4.69, 9.17) is 0 Å². The molecule has 116 valence electrons. The van der Waals surface area contributed by atoms with Crippen LogP contribution in [-0.2, 0) is 14.6 Å². The maximum Gasteiger partial charge on any atom is 0.251 e. The van der Waals surface area contributed by atoms with Gasteiger partial charge in [0.1, 0.15) is 23.0 Å². The minimum absolute atomic E-state index is 0.157. The zero-order valence-electron chi connectivity index (χ0n) is 12.0. The molecule has 1 atom stereocenters. The van der Waals surface area contributed by atoms with Crippen molar-refractivity contribution in [2.75, 3.05) is 19.3 Å². The van der Waals surface area contributed by atoms with Crippen LogP contribution in [0.1, 0.15) is 10.4 Å². The van der Waals surface area contributed by atoms with Gasteiger partial charge in [-0.25, -0.2) is 9.97 Å². The molecule has 0 aliphatic rings. The smallest absolute Gasteiger partial charge is 0.251 e. The molecular weight excluding hydrogens is 304 g/mol. The lowest BCUT2D eigenvalue weighted by atomic mass is 10.1. The number of nitrogens with one attached hydrogen (secondary N) is 2. The highest BCUT2D eigenvalue weighted by atomic mass is 32.3. The second-order valence-electron chi connectivity index (χ2n) is 4.63. The first-order valence-corrected chi connectivity index (χ1v) is 8.43. The summed E-state index contributed by atoms with van der Waals surface area (Å²) in [7, 11) is -3.24. The summed E-state index contributed by atoms with van der Waals surface area (Å²) in [5.41, 5.74) is 2.28. The summed E-state index contributed by atoms with van der Waals surface area (Å²) in [5.74, 6) is -0.258. The fourth-order valence-corrected chi connectivity index (χ4v) is 2.25. The summed E-state index contributed by atoms with van der Waals surface area (Å²) in [4.78, 5) is 19.8. The number of hydrogen-bond acceptors (Lipinski definition) is 5. The number of sulfonamides is 1. The van der Waals surface area contributed by atoms with Crippen LogP contribution in [0.2, 0.25) is 0 Å². The molecule has 2 rings (SSSR count). The van der Waals surface area contributed by atoms with Gasteiger partial charge >= 0.3 is 0 Å². The summed E-state index contributed by atoms with van der Waals surface area (Å²) in [6.07, 6.45) is 5.91. The van der Waals surface area contributed by atoms with Crippen LogP contribution in [0.15, 0.2) is 43.0 Å². The third-order valence-corrected chi connectivity index (χ3v) is 3.54. The molecule has 0 aliphatic heterocycles. The molecule has 0 saturated heterocycles. The molecule has 0 spiro atoms. The van der Waals surface area contributed by atoms with Crippen molar-refractivity contribution in [2.24, 2.45) is 0 Å². The van der Waals surface area contributed by atoms with E-state index in [1.807, 2.05) is 12.1 Å². The van der Waals surface area contributed by atoms with Crippen molar-refractivity contribution in [1.29, 1.82) is 0 Å². The van der Waals surface area contributed by atoms with Gasteiger partial charge in [-0.1, -0.05) is 16.3 Å². The van der Waals surface area contributed by atoms with Crippen LogP contribution in [0.5, 0.6) is 0 Å². The Morgan fingerprint density at radius 3 is 2.36 bits per heavy atom. The van der Waals surface area contributed by atoms with Crippen molar-refractivity contribution >= 4 is 16.3 Å². The molecule has 2 N–H and O–H groups in total. The summed E-state index contributed by atoms with van der Waals surface area (Å²) in [6.45, 7) is 0.379. The second-order valence-corrected chi connectivity index (χ2v) is 6.46. The quantitative estimate of drug-likeness (QED) is 0.600. The number of carbonyl (C=O) groups excluding carboxylic acids is 1. The molecule has 1 aromatic carbocycles. The zero-order valence-corrected chi connectivity index (χ0v) is 12.8. The lowest BCUT2D eigenvalue weighted by molar-refractivity contribution is 0.0954. The van der Waals surface area contributed by atoms with Crippen molar-refractivity contribution in [2.45, 2.75) is 0 Å². The zero-order chi connectivity index (χ0) is 16.0. The highest BCUT2D eigenvalue weighted by molar-refractivity contribution is 7.95. The molecule has 22 heavy (non-hydrogen) atoms. The van der Waals surface area contributed by atoms with Gasteiger partial charge in [0.25, 0.3) is 5.91 Å². The Morgan fingerprint density at radius 1 is 1.14 bits per heavy atom. The van der Waals surface area contributed by atoms with Gasteiger partial charge in [-0.2, -0.15) is 0 Å². The van der Waals surface area contributed by atoms with Crippen molar-refractivity contribution in [1.82, 2.24) is 20.0 Å². The fourth-order valence-electron chi connectivity index (χ4n) is 1.78. The minimum atomic E-state index is -3.24. The van der Waals surface area contributed by atoms with Crippen LogP contribution in [0.3, 0.4) is 0 Å². The molecule has 1 unspecified atom stereocenters. The first-order valence-electron chi connectivity index (χ1n) is 6.54. The van der Waals surface area contributed by atoms with E-state index in [9.17, 15) is 13.6 Å². The molecule has 0 fully saturated rings.